The van der Waals surface area contributed by atoms with Crippen LogP contribution in [0.5, 0.6) is 0 Å². The molecule has 3 nitrogen and oxygen atoms in total. The first-order valence-electron chi connectivity index (χ1n) is 20.8. The zero-order chi connectivity index (χ0) is 40.3. The van der Waals surface area contributed by atoms with Crippen molar-refractivity contribution in [1.29, 1.82) is 0 Å². The van der Waals surface area contributed by atoms with Crippen LogP contribution in [0.15, 0.2) is 235 Å². The standard InChI is InChI=1S/C58H38N2O/c1-2-12-39(13-3-1)41-24-30-46(31-25-41)59(47-32-26-42(27-33-47)45-23-22-40-14-4-5-15-44(40)38-45)55-37-36-49(58-57(55)52-18-8-11-21-56(52)61-58)43-28-34-48(35-29-43)60-53-19-9-6-16-50(53)51-17-7-10-20-54(51)60/h1-38H. The van der Waals surface area contributed by atoms with Crippen molar-refractivity contribution in [3.05, 3.63) is 231 Å². The van der Waals surface area contributed by atoms with E-state index in [2.05, 4.69) is 240 Å². The van der Waals surface area contributed by atoms with E-state index in [0.29, 0.717) is 0 Å². The predicted octanol–water partition coefficient (Wildman–Crippen LogP) is 16.3. The van der Waals surface area contributed by atoms with Crippen LogP contribution in [-0.4, -0.2) is 4.57 Å². The lowest BCUT2D eigenvalue weighted by Crippen LogP contribution is -2.10. The Labute approximate surface area is 353 Å². The second-order valence-corrected chi connectivity index (χ2v) is 15.7. The van der Waals surface area contributed by atoms with Gasteiger partial charge in [0, 0.05) is 38.8 Å². The molecule has 0 saturated heterocycles. The highest BCUT2D eigenvalue weighted by atomic mass is 16.3. The number of aromatic nitrogens is 1. The van der Waals surface area contributed by atoms with Crippen molar-refractivity contribution in [2.24, 2.45) is 0 Å². The van der Waals surface area contributed by atoms with Crippen molar-refractivity contribution >= 4 is 71.6 Å². The van der Waals surface area contributed by atoms with Crippen molar-refractivity contribution in [1.82, 2.24) is 4.57 Å². The van der Waals surface area contributed by atoms with Crippen LogP contribution in [0, 0.1) is 0 Å². The number of rotatable bonds is 7. The Hall–Kier alpha value is -8.14. The molecule has 61 heavy (non-hydrogen) atoms. The summed E-state index contributed by atoms with van der Waals surface area (Å²) in [5.41, 5.74) is 15.3. The van der Waals surface area contributed by atoms with Crippen LogP contribution in [0.1, 0.15) is 0 Å². The van der Waals surface area contributed by atoms with Gasteiger partial charge in [-0.05, 0) is 111 Å². The van der Waals surface area contributed by atoms with E-state index in [9.17, 15) is 0 Å². The molecule has 2 heterocycles. The predicted molar refractivity (Wildman–Crippen MR) is 257 cm³/mol. The maximum atomic E-state index is 6.88. The average Bonchev–Trinajstić information content (AvgIpc) is 3.89. The fourth-order valence-corrected chi connectivity index (χ4v) is 9.25. The molecule has 12 rings (SSSR count). The first-order chi connectivity index (χ1) is 30.2. The summed E-state index contributed by atoms with van der Waals surface area (Å²) in [5, 5.41) is 7.14. The smallest absolute Gasteiger partial charge is 0.145 e. The second kappa shape index (κ2) is 14.3. The number of nitrogens with zero attached hydrogens (tertiary/aromatic N) is 2. The highest BCUT2D eigenvalue weighted by molar-refractivity contribution is 6.17. The van der Waals surface area contributed by atoms with Gasteiger partial charge in [0.25, 0.3) is 0 Å². The lowest BCUT2D eigenvalue weighted by atomic mass is 9.98. The fraction of sp³-hybridized carbons (Fsp3) is 0. The molecule has 0 unspecified atom stereocenters. The lowest BCUT2D eigenvalue weighted by molar-refractivity contribution is 0.670. The van der Waals surface area contributed by atoms with Crippen molar-refractivity contribution < 1.29 is 4.42 Å². The highest BCUT2D eigenvalue weighted by Gasteiger charge is 2.23. The van der Waals surface area contributed by atoms with Gasteiger partial charge in [0.15, 0.2) is 0 Å². The molecule has 0 saturated carbocycles. The molecule has 3 heteroatoms. The molecule has 0 atom stereocenters. The third-order valence-corrected chi connectivity index (χ3v) is 12.2. The molecule has 0 radical (unpaired) electrons. The molecule has 0 N–H and O–H groups in total. The van der Waals surface area contributed by atoms with Crippen LogP contribution in [-0.2, 0) is 0 Å². The second-order valence-electron chi connectivity index (χ2n) is 15.7. The van der Waals surface area contributed by atoms with Gasteiger partial charge in [-0.3, -0.25) is 0 Å². The largest absolute Gasteiger partial charge is 0.455 e. The Kier molecular flexibility index (Phi) is 8.17. The Morgan fingerprint density at radius 3 is 1.57 bits per heavy atom. The van der Waals surface area contributed by atoms with Crippen LogP contribution < -0.4 is 4.90 Å². The van der Waals surface area contributed by atoms with Crippen LogP contribution in [0.4, 0.5) is 17.1 Å². The van der Waals surface area contributed by atoms with Gasteiger partial charge in [-0.15, -0.1) is 0 Å². The van der Waals surface area contributed by atoms with Gasteiger partial charge < -0.3 is 13.9 Å². The number of para-hydroxylation sites is 3. The van der Waals surface area contributed by atoms with Crippen molar-refractivity contribution in [2.75, 3.05) is 4.90 Å². The summed E-state index contributed by atoms with van der Waals surface area (Å²) in [6.45, 7) is 0. The van der Waals surface area contributed by atoms with E-state index in [1.165, 1.54) is 54.8 Å². The summed E-state index contributed by atoms with van der Waals surface area (Å²) in [6.07, 6.45) is 0. The van der Waals surface area contributed by atoms with E-state index in [-0.39, 0.29) is 0 Å². The Morgan fingerprint density at radius 2 is 0.885 bits per heavy atom. The average molecular weight is 779 g/mol. The third kappa shape index (κ3) is 5.90. The van der Waals surface area contributed by atoms with E-state index in [1.54, 1.807) is 0 Å². The van der Waals surface area contributed by atoms with Gasteiger partial charge in [0.1, 0.15) is 11.2 Å². The molecule has 2 aromatic heterocycles. The molecular formula is C58H38N2O. The quantitative estimate of drug-likeness (QED) is 0.161. The van der Waals surface area contributed by atoms with E-state index >= 15 is 0 Å². The zero-order valence-corrected chi connectivity index (χ0v) is 33.2. The summed E-state index contributed by atoms with van der Waals surface area (Å²) in [4.78, 5) is 2.37. The summed E-state index contributed by atoms with van der Waals surface area (Å²) in [7, 11) is 0. The molecule has 10 aromatic carbocycles. The topological polar surface area (TPSA) is 21.3 Å². The highest BCUT2D eigenvalue weighted by Crippen LogP contribution is 2.47. The maximum absolute atomic E-state index is 6.88. The summed E-state index contributed by atoms with van der Waals surface area (Å²) >= 11 is 0. The third-order valence-electron chi connectivity index (χ3n) is 12.2. The van der Waals surface area contributed by atoms with Crippen LogP contribution in [0.25, 0.3) is 93.6 Å². The van der Waals surface area contributed by atoms with Gasteiger partial charge in [-0.2, -0.15) is 0 Å². The van der Waals surface area contributed by atoms with Crippen molar-refractivity contribution in [3.63, 3.8) is 0 Å². The fourth-order valence-electron chi connectivity index (χ4n) is 9.25. The monoisotopic (exact) mass is 778 g/mol. The van der Waals surface area contributed by atoms with Gasteiger partial charge in [-0.25, -0.2) is 0 Å². The van der Waals surface area contributed by atoms with Gasteiger partial charge >= 0.3 is 0 Å². The number of hydrogen-bond donors (Lipinski definition) is 0. The number of hydrogen-bond acceptors (Lipinski definition) is 2. The molecule has 0 aliphatic heterocycles. The summed E-state index contributed by atoms with van der Waals surface area (Å²) < 4.78 is 9.24. The SMILES string of the molecule is c1ccc(-c2ccc(N(c3ccc(-c4ccc5ccccc5c4)cc3)c3ccc(-c4ccc(-n5c6ccccc6c6ccccc65)cc4)c4oc5ccccc5c34)cc2)cc1. The molecule has 0 aliphatic rings. The maximum Gasteiger partial charge on any atom is 0.145 e. The molecule has 286 valence electrons. The molecule has 0 fully saturated rings. The molecule has 0 bridgehead atoms. The Balaban J connectivity index is 1.01. The van der Waals surface area contributed by atoms with Gasteiger partial charge in [0.2, 0.25) is 0 Å². The molecule has 0 aliphatic carbocycles. The number of furan rings is 1. The molecular weight excluding hydrogens is 741 g/mol. The normalized spacial score (nSPS) is 11.6. The van der Waals surface area contributed by atoms with Crippen LogP contribution in [0.3, 0.4) is 0 Å². The van der Waals surface area contributed by atoms with Gasteiger partial charge in [-0.1, -0.05) is 158 Å². The van der Waals surface area contributed by atoms with Crippen molar-refractivity contribution in [3.8, 4) is 39.1 Å². The Bertz CT molecular complexity index is 3510. The van der Waals surface area contributed by atoms with E-state index < -0.39 is 0 Å². The van der Waals surface area contributed by atoms with E-state index in [0.717, 1.165) is 55.8 Å². The van der Waals surface area contributed by atoms with Crippen LogP contribution >= 0.6 is 0 Å². The van der Waals surface area contributed by atoms with E-state index in [1.807, 2.05) is 0 Å². The van der Waals surface area contributed by atoms with Crippen molar-refractivity contribution in [2.45, 2.75) is 0 Å². The number of fused-ring (bicyclic) bond motifs is 7. The lowest BCUT2D eigenvalue weighted by Gasteiger charge is -2.27. The number of anilines is 3. The summed E-state index contributed by atoms with van der Waals surface area (Å²) in [5.74, 6) is 0. The zero-order valence-electron chi connectivity index (χ0n) is 33.2. The molecule has 0 amide bonds. The molecule has 0 spiro atoms. The summed E-state index contributed by atoms with van der Waals surface area (Å²) in [6, 6.07) is 82.8. The van der Waals surface area contributed by atoms with Crippen LogP contribution in [0.2, 0.25) is 0 Å². The van der Waals surface area contributed by atoms with Gasteiger partial charge in [0.05, 0.1) is 22.1 Å². The first-order valence-corrected chi connectivity index (χ1v) is 20.8. The number of benzene rings is 10. The minimum Gasteiger partial charge on any atom is -0.455 e. The van der Waals surface area contributed by atoms with E-state index in [4.69, 9.17) is 4.42 Å². The Morgan fingerprint density at radius 1 is 0.361 bits per heavy atom. The minimum atomic E-state index is 0.860. The first kappa shape index (κ1) is 34.9. The minimum absolute atomic E-state index is 0.860. The molecule has 12 aromatic rings.